The number of nitrogens with zero attached hydrogens (tertiary/aromatic N) is 1. The first kappa shape index (κ1) is 10.5. The minimum atomic E-state index is 0.170. The molecule has 0 aliphatic carbocycles. The first-order valence-corrected chi connectivity index (χ1v) is 5.40. The normalized spacial score (nSPS) is 15.5. The molecule has 0 saturated heterocycles. The Morgan fingerprint density at radius 3 is 2.08 bits per heavy atom. The maximum absolute atomic E-state index is 4.60. The van der Waals surface area contributed by atoms with E-state index in [-0.39, 0.29) is 5.41 Å². The standard InChI is InChI=1S/C11H17NS/c1-6-8-9(7-2)13-10(12-8)11(3,4)5/h6-7H,1-5H3/b8-6+,9-7+. The molecule has 13 heavy (non-hydrogen) atoms. The Morgan fingerprint density at radius 1 is 1.15 bits per heavy atom. The molecule has 0 spiro atoms. The Morgan fingerprint density at radius 2 is 1.77 bits per heavy atom. The van der Waals surface area contributed by atoms with Gasteiger partial charge in [-0.2, -0.15) is 0 Å². The van der Waals surface area contributed by atoms with Gasteiger partial charge in [0, 0.05) is 9.95 Å². The summed E-state index contributed by atoms with van der Waals surface area (Å²) in [6.07, 6.45) is 4.20. The largest absolute Gasteiger partial charge is 0.241 e. The van der Waals surface area contributed by atoms with Crippen molar-refractivity contribution in [3.63, 3.8) is 0 Å². The van der Waals surface area contributed by atoms with E-state index in [9.17, 15) is 0 Å². The smallest absolute Gasteiger partial charge is 0.0991 e. The Kier molecular flexibility index (Phi) is 2.91. The van der Waals surface area contributed by atoms with Crippen molar-refractivity contribution in [2.45, 2.75) is 40.0 Å². The van der Waals surface area contributed by atoms with Crippen molar-refractivity contribution < 1.29 is 0 Å². The van der Waals surface area contributed by atoms with Gasteiger partial charge in [0.1, 0.15) is 0 Å². The van der Waals surface area contributed by atoms with Gasteiger partial charge in [0.15, 0.2) is 0 Å². The molecule has 0 bridgehead atoms. The fourth-order valence-corrected chi connectivity index (χ4v) is 2.12. The predicted octanol–water partition coefficient (Wildman–Crippen LogP) is 2.04. The van der Waals surface area contributed by atoms with Gasteiger partial charge in [0.25, 0.3) is 0 Å². The number of rotatable bonds is 0. The number of hydrogen-bond donors (Lipinski definition) is 0. The van der Waals surface area contributed by atoms with Crippen LogP contribution in [0.4, 0.5) is 0 Å². The van der Waals surface area contributed by atoms with Gasteiger partial charge in [-0.15, -0.1) is 11.3 Å². The first-order valence-electron chi connectivity index (χ1n) is 4.59. The van der Waals surface area contributed by atoms with Crippen molar-refractivity contribution in [2.75, 3.05) is 0 Å². The minimum absolute atomic E-state index is 0.170. The third-order valence-electron chi connectivity index (χ3n) is 1.86. The molecule has 0 atom stereocenters. The van der Waals surface area contributed by atoms with E-state index >= 15 is 0 Å². The monoisotopic (exact) mass is 195 g/mol. The molecule has 2 heteroatoms. The molecule has 0 aliphatic rings. The van der Waals surface area contributed by atoms with Crippen molar-refractivity contribution in [1.82, 2.24) is 4.98 Å². The van der Waals surface area contributed by atoms with Gasteiger partial charge < -0.3 is 0 Å². The third kappa shape index (κ3) is 2.19. The van der Waals surface area contributed by atoms with Crippen LogP contribution in [0.2, 0.25) is 0 Å². The fraction of sp³-hybridized carbons (Fsp3) is 0.545. The molecule has 72 valence electrons. The summed E-state index contributed by atoms with van der Waals surface area (Å²) in [7, 11) is 0. The summed E-state index contributed by atoms with van der Waals surface area (Å²) in [5, 5.41) is 2.34. The minimum Gasteiger partial charge on any atom is -0.241 e. The topological polar surface area (TPSA) is 12.9 Å². The lowest BCUT2D eigenvalue weighted by Gasteiger charge is -2.13. The maximum atomic E-state index is 4.60. The summed E-state index contributed by atoms with van der Waals surface area (Å²) in [6, 6.07) is 0. The Balaban J connectivity index is 3.41. The van der Waals surface area contributed by atoms with Gasteiger partial charge >= 0.3 is 0 Å². The highest BCUT2D eigenvalue weighted by atomic mass is 32.1. The summed E-state index contributed by atoms with van der Waals surface area (Å²) >= 11 is 1.79. The van der Waals surface area contributed by atoms with Gasteiger partial charge in [-0.25, -0.2) is 4.98 Å². The van der Waals surface area contributed by atoms with E-state index in [1.807, 2.05) is 6.92 Å². The van der Waals surface area contributed by atoms with Crippen molar-refractivity contribution in [2.24, 2.45) is 0 Å². The SMILES string of the molecule is C/C=c1/nc(C(C)(C)C)s/c1=C/C. The van der Waals surface area contributed by atoms with Crippen molar-refractivity contribution >= 4 is 23.5 Å². The number of aromatic nitrogens is 1. The molecule has 0 radical (unpaired) electrons. The summed E-state index contributed by atoms with van der Waals surface area (Å²) in [4.78, 5) is 4.60. The molecule has 1 rings (SSSR count). The highest BCUT2D eigenvalue weighted by Gasteiger charge is 2.17. The van der Waals surface area contributed by atoms with Crippen molar-refractivity contribution in [3.8, 4) is 0 Å². The molecule has 0 aliphatic heterocycles. The van der Waals surface area contributed by atoms with Crippen molar-refractivity contribution in [1.29, 1.82) is 0 Å². The predicted molar refractivity (Wildman–Crippen MR) is 60.3 cm³/mol. The van der Waals surface area contributed by atoms with Gasteiger partial charge in [0.2, 0.25) is 0 Å². The molecule has 1 nitrogen and oxygen atoms in total. The summed E-state index contributed by atoms with van der Waals surface area (Å²) in [5.41, 5.74) is 0.170. The van der Waals surface area contributed by atoms with E-state index in [4.69, 9.17) is 0 Å². The van der Waals surface area contributed by atoms with Gasteiger partial charge in [-0.05, 0) is 13.8 Å². The van der Waals surface area contributed by atoms with Crippen LogP contribution in [-0.4, -0.2) is 4.98 Å². The summed E-state index contributed by atoms with van der Waals surface area (Å²) < 4.78 is 1.28. The van der Waals surface area contributed by atoms with Gasteiger partial charge in [0.05, 0.1) is 10.4 Å². The molecule has 0 fully saturated rings. The van der Waals surface area contributed by atoms with E-state index in [0.29, 0.717) is 0 Å². The average Bonchev–Trinajstić information content (AvgIpc) is 2.45. The molecule has 0 unspecified atom stereocenters. The van der Waals surface area contributed by atoms with Crippen LogP contribution < -0.4 is 9.88 Å². The van der Waals surface area contributed by atoms with Gasteiger partial charge in [-0.3, -0.25) is 0 Å². The molecule has 1 aromatic rings. The highest BCUT2D eigenvalue weighted by Crippen LogP contribution is 2.20. The zero-order valence-corrected chi connectivity index (χ0v) is 9.83. The van der Waals surface area contributed by atoms with Crippen molar-refractivity contribution in [3.05, 3.63) is 14.9 Å². The number of thiazole rings is 1. The molecule has 0 N–H and O–H groups in total. The zero-order valence-electron chi connectivity index (χ0n) is 9.01. The quantitative estimate of drug-likeness (QED) is 0.617. The summed E-state index contributed by atoms with van der Waals surface area (Å²) in [6.45, 7) is 10.7. The van der Waals surface area contributed by atoms with Crippen LogP contribution in [0.1, 0.15) is 39.6 Å². The second-order valence-electron chi connectivity index (χ2n) is 4.10. The third-order valence-corrected chi connectivity index (χ3v) is 3.42. The highest BCUT2D eigenvalue weighted by molar-refractivity contribution is 7.09. The number of hydrogen-bond acceptors (Lipinski definition) is 2. The van der Waals surface area contributed by atoms with Crippen LogP contribution in [0, 0.1) is 0 Å². The molecular weight excluding hydrogens is 178 g/mol. The lowest BCUT2D eigenvalue weighted by atomic mass is 9.98. The van der Waals surface area contributed by atoms with Crippen LogP contribution in [0.25, 0.3) is 12.2 Å². The zero-order chi connectivity index (χ0) is 10.1. The second kappa shape index (κ2) is 3.62. The Hall–Kier alpha value is -0.630. The Bertz CT molecular complexity index is 361. The molecule has 0 saturated carbocycles. The van der Waals surface area contributed by atoms with E-state index in [1.54, 1.807) is 11.3 Å². The van der Waals surface area contributed by atoms with Crippen LogP contribution in [0.5, 0.6) is 0 Å². The molecule has 0 aromatic carbocycles. The molecule has 1 heterocycles. The average molecular weight is 195 g/mol. The lowest BCUT2D eigenvalue weighted by molar-refractivity contribution is 0.584. The van der Waals surface area contributed by atoms with E-state index < -0.39 is 0 Å². The summed E-state index contributed by atoms with van der Waals surface area (Å²) in [5.74, 6) is 0. The van der Waals surface area contributed by atoms with E-state index in [2.05, 4.69) is 44.8 Å². The maximum Gasteiger partial charge on any atom is 0.0991 e. The first-order chi connectivity index (χ1) is 5.99. The molecule has 0 amide bonds. The lowest BCUT2D eigenvalue weighted by Crippen LogP contribution is -2.20. The molecule has 1 aromatic heterocycles. The van der Waals surface area contributed by atoms with E-state index in [0.717, 1.165) is 5.35 Å². The van der Waals surface area contributed by atoms with E-state index in [1.165, 1.54) is 9.54 Å². The van der Waals surface area contributed by atoms with Crippen LogP contribution in [0.3, 0.4) is 0 Å². The Labute approximate surface area is 83.8 Å². The van der Waals surface area contributed by atoms with Gasteiger partial charge in [-0.1, -0.05) is 32.9 Å². The molecular formula is C11H17NS. The van der Waals surface area contributed by atoms with Crippen LogP contribution in [-0.2, 0) is 5.41 Å². The second-order valence-corrected chi connectivity index (χ2v) is 5.13. The van der Waals surface area contributed by atoms with Crippen LogP contribution >= 0.6 is 11.3 Å². The fourth-order valence-electron chi connectivity index (χ4n) is 1.08. The van der Waals surface area contributed by atoms with Crippen LogP contribution in [0.15, 0.2) is 0 Å².